The van der Waals surface area contributed by atoms with Crippen LogP contribution in [-0.2, 0) is 0 Å². The number of rotatable bonds is 6. The molecule has 6 heteroatoms. The number of amides is 2. The van der Waals surface area contributed by atoms with E-state index in [0.717, 1.165) is 10.8 Å². The standard InChI is InChI=1S/C22H22ClN3O2/c1-26(2)13-12-24-21(27)19-14-16(23)10-11-20(19)25-22(28)18-9-5-7-15-6-3-4-8-17(15)18/h3-11,14H,12-13H2,1-2H3,(H,24,27)(H,25,28). The highest BCUT2D eigenvalue weighted by atomic mass is 35.5. The minimum absolute atomic E-state index is 0.276. The number of carbonyl (C=O) groups excluding carboxylic acids is 2. The van der Waals surface area contributed by atoms with Crippen LogP contribution in [0.15, 0.2) is 60.7 Å². The molecule has 2 amide bonds. The van der Waals surface area contributed by atoms with Crippen molar-refractivity contribution in [1.82, 2.24) is 10.2 Å². The molecule has 0 aliphatic rings. The zero-order valence-corrected chi connectivity index (χ0v) is 16.6. The van der Waals surface area contributed by atoms with E-state index in [1.54, 1.807) is 24.3 Å². The molecule has 0 aromatic heterocycles. The van der Waals surface area contributed by atoms with Crippen LogP contribution < -0.4 is 10.6 Å². The molecule has 28 heavy (non-hydrogen) atoms. The number of nitrogens with one attached hydrogen (secondary N) is 2. The van der Waals surface area contributed by atoms with Gasteiger partial charge in [-0.2, -0.15) is 0 Å². The fourth-order valence-corrected chi connectivity index (χ4v) is 3.09. The summed E-state index contributed by atoms with van der Waals surface area (Å²) in [5.41, 5.74) is 1.30. The molecular formula is C22H22ClN3O2. The lowest BCUT2D eigenvalue weighted by Crippen LogP contribution is -2.32. The van der Waals surface area contributed by atoms with E-state index in [2.05, 4.69) is 10.6 Å². The first-order valence-corrected chi connectivity index (χ1v) is 9.35. The largest absolute Gasteiger partial charge is 0.351 e. The quantitative estimate of drug-likeness (QED) is 0.662. The minimum Gasteiger partial charge on any atom is -0.351 e. The molecule has 0 aliphatic heterocycles. The smallest absolute Gasteiger partial charge is 0.256 e. The van der Waals surface area contributed by atoms with Gasteiger partial charge in [0.25, 0.3) is 11.8 Å². The third-order valence-corrected chi connectivity index (χ3v) is 4.59. The van der Waals surface area contributed by atoms with Crippen molar-refractivity contribution in [3.8, 4) is 0 Å². The molecule has 3 aromatic rings. The lowest BCUT2D eigenvalue weighted by molar-refractivity contribution is 0.0952. The van der Waals surface area contributed by atoms with E-state index in [1.807, 2.05) is 55.4 Å². The fourth-order valence-electron chi connectivity index (χ4n) is 2.91. The van der Waals surface area contributed by atoms with E-state index in [9.17, 15) is 9.59 Å². The van der Waals surface area contributed by atoms with Gasteiger partial charge >= 0.3 is 0 Å². The summed E-state index contributed by atoms with van der Waals surface area (Å²) in [5.74, 6) is -0.556. The number of nitrogens with zero attached hydrogens (tertiary/aromatic N) is 1. The van der Waals surface area contributed by atoms with Crippen molar-refractivity contribution in [2.45, 2.75) is 0 Å². The summed E-state index contributed by atoms with van der Waals surface area (Å²) >= 11 is 6.08. The fraction of sp³-hybridized carbons (Fsp3) is 0.182. The predicted octanol–water partition coefficient (Wildman–Crippen LogP) is 4.04. The van der Waals surface area contributed by atoms with Gasteiger partial charge in [-0.3, -0.25) is 9.59 Å². The molecular weight excluding hydrogens is 374 g/mol. The molecule has 0 radical (unpaired) electrons. The highest BCUT2D eigenvalue weighted by Crippen LogP contribution is 2.24. The first-order chi connectivity index (χ1) is 13.5. The highest BCUT2D eigenvalue weighted by molar-refractivity contribution is 6.31. The van der Waals surface area contributed by atoms with Crippen LogP contribution in [-0.4, -0.2) is 43.9 Å². The van der Waals surface area contributed by atoms with Crippen LogP contribution in [0.3, 0.4) is 0 Å². The number of hydrogen-bond donors (Lipinski definition) is 2. The number of benzene rings is 3. The Morgan fingerprint density at radius 2 is 1.68 bits per heavy atom. The Morgan fingerprint density at radius 3 is 2.46 bits per heavy atom. The zero-order chi connectivity index (χ0) is 20.1. The summed E-state index contributed by atoms with van der Waals surface area (Å²) in [6.45, 7) is 1.21. The summed E-state index contributed by atoms with van der Waals surface area (Å²) in [6.07, 6.45) is 0. The number of carbonyl (C=O) groups is 2. The van der Waals surface area contributed by atoms with Gasteiger partial charge in [0.15, 0.2) is 0 Å². The number of anilines is 1. The molecule has 0 spiro atoms. The Morgan fingerprint density at radius 1 is 0.929 bits per heavy atom. The number of hydrogen-bond acceptors (Lipinski definition) is 3. The lowest BCUT2D eigenvalue weighted by atomic mass is 10.0. The maximum Gasteiger partial charge on any atom is 0.256 e. The first-order valence-electron chi connectivity index (χ1n) is 8.97. The van der Waals surface area contributed by atoms with E-state index in [-0.39, 0.29) is 11.8 Å². The van der Waals surface area contributed by atoms with Crippen molar-refractivity contribution in [1.29, 1.82) is 0 Å². The first kappa shape index (κ1) is 19.9. The van der Waals surface area contributed by atoms with Gasteiger partial charge < -0.3 is 15.5 Å². The average Bonchev–Trinajstić information content (AvgIpc) is 2.68. The van der Waals surface area contributed by atoms with Crippen molar-refractivity contribution >= 4 is 39.9 Å². The number of likely N-dealkylation sites (N-methyl/N-ethyl adjacent to an activating group) is 1. The van der Waals surface area contributed by atoms with E-state index in [4.69, 9.17) is 11.6 Å². The zero-order valence-electron chi connectivity index (χ0n) is 15.8. The highest BCUT2D eigenvalue weighted by Gasteiger charge is 2.16. The molecule has 0 atom stereocenters. The van der Waals surface area contributed by atoms with Crippen LogP contribution in [0.2, 0.25) is 5.02 Å². The molecule has 0 fully saturated rings. The topological polar surface area (TPSA) is 61.4 Å². The maximum absolute atomic E-state index is 12.9. The molecule has 5 nitrogen and oxygen atoms in total. The van der Waals surface area contributed by atoms with Gasteiger partial charge in [0.2, 0.25) is 0 Å². The second-order valence-corrected chi connectivity index (χ2v) is 7.17. The molecule has 2 N–H and O–H groups in total. The predicted molar refractivity (Wildman–Crippen MR) is 114 cm³/mol. The lowest BCUT2D eigenvalue weighted by Gasteiger charge is -2.14. The molecule has 0 aliphatic carbocycles. The third kappa shape index (κ3) is 4.68. The summed E-state index contributed by atoms with van der Waals surface area (Å²) in [4.78, 5) is 27.5. The van der Waals surface area contributed by atoms with Gasteiger partial charge in [-0.1, -0.05) is 48.0 Å². The third-order valence-electron chi connectivity index (χ3n) is 4.35. The molecule has 3 rings (SSSR count). The summed E-state index contributed by atoms with van der Waals surface area (Å²) in [5, 5.41) is 7.97. The SMILES string of the molecule is CN(C)CCNC(=O)c1cc(Cl)ccc1NC(=O)c1cccc2ccccc12. The number of fused-ring (bicyclic) bond motifs is 1. The van der Waals surface area contributed by atoms with Crippen molar-refractivity contribution in [2.75, 3.05) is 32.5 Å². The minimum atomic E-state index is -0.280. The van der Waals surface area contributed by atoms with E-state index in [1.165, 1.54) is 0 Å². The summed E-state index contributed by atoms with van der Waals surface area (Å²) < 4.78 is 0. The van der Waals surface area contributed by atoms with Crippen LogP contribution in [0.4, 0.5) is 5.69 Å². The molecule has 3 aromatic carbocycles. The van der Waals surface area contributed by atoms with Gasteiger partial charge in [-0.05, 0) is 49.1 Å². The molecule has 0 bridgehead atoms. The van der Waals surface area contributed by atoms with Crippen LogP contribution in [0.25, 0.3) is 10.8 Å². The summed E-state index contributed by atoms with van der Waals surface area (Å²) in [6, 6.07) is 18.1. The monoisotopic (exact) mass is 395 g/mol. The number of halogens is 1. The van der Waals surface area contributed by atoms with Crippen molar-refractivity contribution in [3.05, 3.63) is 76.8 Å². The van der Waals surface area contributed by atoms with Gasteiger partial charge in [-0.25, -0.2) is 0 Å². The summed E-state index contributed by atoms with van der Waals surface area (Å²) in [7, 11) is 3.86. The Hall–Kier alpha value is -2.89. The van der Waals surface area contributed by atoms with Gasteiger partial charge in [0, 0.05) is 23.7 Å². The van der Waals surface area contributed by atoms with E-state index >= 15 is 0 Å². The Bertz CT molecular complexity index is 1010. The van der Waals surface area contributed by atoms with Crippen LogP contribution >= 0.6 is 11.6 Å². The molecule has 144 valence electrons. The van der Waals surface area contributed by atoms with Gasteiger partial charge in [0.1, 0.15) is 0 Å². The van der Waals surface area contributed by atoms with Crippen LogP contribution in [0, 0.1) is 0 Å². The Balaban J connectivity index is 1.85. The second-order valence-electron chi connectivity index (χ2n) is 6.73. The molecule has 0 saturated heterocycles. The Labute approximate surface area is 169 Å². The van der Waals surface area contributed by atoms with Crippen molar-refractivity contribution in [2.24, 2.45) is 0 Å². The Kier molecular flexibility index (Phi) is 6.29. The van der Waals surface area contributed by atoms with E-state index < -0.39 is 0 Å². The van der Waals surface area contributed by atoms with Crippen molar-refractivity contribution in [3.63, 3.8) is 0 Å². The molecule has 0 heterocycles. The van der Waals surface area contributed by atoms with Gasteiger partial charge in [-0.15, -0.1) is 0 Å². The van der Waals surface area contributed by atoms with Crippen molar-refractivity contribution < 1.29 is 9.59 Å². The maximum atomic E-state index is 12.9. The van der Waals surface area contributed by atoms with E-state index in [0.29, 0.717) is 34.9 Å². The normalized spacial score (nSPS) is 10.9. The van der Waals surface area contributed by atoms with Crippen LogP contribution in [0.1, 0.15) is 20.7 Å². The molecule has 0 saturated carbocycles. The average molecular weight is 396 g/mol. The van der Waals surface area contributed by atoms with Gasteiger partial charge in [0.05, 0.1) is 11.3 Å². The molecule has 0 unspecified atom stereocenters. The second kappa shape index (κ2) is 8.87. The van der Waals surface area contributed by atoms with Crippen LogP contribution in [0.5, 0.6) is 0 Å².